The fourth-order valence-electron chi connectivity index (χ4n) is 3.13. The lowest BCUT2D eigenvalue weighted by molar-refractivity contribution is -0.118. The lowest BCUT2D eigenvalue weighted by Gasteiger charge is -2.35. The van der Waals surface area contributed by atoms with Gasteiger partial charge >= 0.3 is 0 Å². The molecule has 0 spiro atoms. The minimum Gasteiger partial charge on any atom is -0.381 e. The molecule has 2 aromatic rings. The number of carbonyl (C=O) groups excluding carboxylic acids is 1. The van der Waals surface area contributed by atoms with Crippen molar-refractivity contribution in [2.75, 3.05) is 31.2 Å². The van der Waals surface area contributed by atoms with Crippen LogP contribution in [0.15, 0.2) is 34.9 Å². The minimum absolute atomic E-state index is 0.0100. The number of para-hydroxylation sites is 1. The van der Waals surface area contributed by atoms with E-state index >= 15 is 0 Å². The van der Waals surface area contributed by atoms with Gasteiger partial charge in [0, 0.05) is 25.4 Å². The van der Waals surface area contributed by atoms with E-state index in [-0.39, 0.29) is 12.5 Å². The third-order valence-corrected chi connectivity index (χ3v) is 4.55. The number of amides is 1. The van der Waals surface area contributed by atoms with Gasteiger partial charge in [0.25, 0.3) is 0 Å². The molecular formula is C18H24N4O3. The van der Waals surface area contributed by atoms with Gasteiger partial charge in [-0.05, 0) is 38.8 Å². The number of anilines is 1. The number of likely N-dealkylation sites (N-methyl/N-ethyl adjacent to an activating group) is 1. The number of aryl methyl sites for hydroxylation is 1. The van der Waals surface area contributed by atoms with Gasteiger partial charge in [0.15, 0.2) is 5.82 Å². The summed E-state index contributed by atoms with van der Waals surface area (Å²) in [4.78, 5) is 18.9. The number of hydrogen-bond donors (Lipinski definition) is 1. The molecule has 7 nitrogen and oxygen atoms in total. The van der Waals surface area contributed by atoms with Crippen LogP contribution < -0.4 is 10.2 Å². The molecule has 7 heteroatoms. The third-order valence-electron chi connectivity index (χ3n) is 4.55. The molecule has 1 aliphatic heterocycles. The molecule has 0 bridgehead atoms. The third kappa shape index (κ3) is 3.88. The largest absolute Gasteiger partial charge is 0.381 e. The molecule has 1 N–H and O–H groups in total. The van der Waals surface area contributed by atoms with Crippen LogP contribution >= 0.6 is 0 Å². The Bertz CT molecular complexity index is 695. The summed E-state index contributed by atoms with van der Waals surface area (Å²) in [5.41, 5.74) is 0.386. The molecule has 134 valence electrons. The van der Waals surface area contributed by atoms with Crippen LogP contribution in [0.2, 0.25) is 0 Å². The second-order valence-corrected chi connectivity index (χ2v) is 6.17. The Morgan fingerprint density at radius 3 is 2.60 bits per heavy atom. The fraction of sp³-hybridized carbons (Fsp3) is 0.500. The SMILES string of the molecule is CCN(C(=O)CNC1(c2nc(C)no2)CCOCC1)c1ccccc1. The summed E-state index contributed by atoms with van der Waals surface area (Å²) in [7, 11) is 0. The maximum absolute atomic E-state index is 12.8. The Morgan fingerprint density at radius 2 is 2.00 bits per heavy atom. The first-order valence-electron chi connectivity index (χ1n) is 8.63. The van der Waals surface area contributed by atoms with E-state index in [0.717, 1.165) is 5.69 Å². The monoisotopic (exact) mass is 344 g/mol. The Morgan fingerprint density at radius 1 is 1.28 bits per heavy atom. The average Bonchev–Trinajstić information content (AvgIpc) is 3.09. The first-order valence-corrected chi connectivity index (χ1v) is 8.63. The van der Waals surface area contributed by atoms with E-state index in [2.05, 4.69) is 15.5 Å². The van der Waals surface area contributed by atoms with Crippen LogP contribution in [0, 0.1) is 6.92 Å². The lowest BCUT2D eigenvalue weighted by atomic mass is 9.89. The molecule has 1 aliphatic rings. The molecule has 2 heterocycles. The van der Waals surface area contributed by atoms with E-state index in [9.17, 15) is 4.79 Å². The Balaban J connectivity index is 1.73. The molecule has 1 saturated heterocycles. The summed E-state index contributed by atoms with van der Waals surface area (Å²) in [5, 5.41) is 7.28. The van der Waals surface area contributed by atoms with Gasteiger partial charge in [-0.1, -0.05) is 23.4 Å². The molecule has 0 unspecified atom stereocenters. The summed E-state index contributed by atoms with van der Waals surface area (Å²) in [6, 6.07) is 9.68. The van der Waals surface area contributed by atoms with Gasteiger partial charge in [-0.3, -0.25) is 10.1 Å². The van der Waals surface area contributed by atoms with Crippen LogP contribution in [0.1, 0.15) is 31.5 Å². The van der Waals surface area contributed by atoms with Gasteiger partial charge < -0.3 is 14.2 Å². The van der Waals surface area contributed by atoms with Crippen molar-refractivity contribution in [3.05, 3.63) is 42.0 Å². The van der Waals surface area contributed by atoms with Crippen molar-refractivity contribution < 1.29 is 14.1 Å². The van der Waals surface area contributed by atoms with Gasteiger partial charge in [-0.25, -0.2) is 0 Å². The zero-order chi connectivity index (χ0) is 17.7. The van der Waals surface area contributed by atoms with Gasteiger partial charge in [0.1, 0.15) is 5.54 Å². The smallest absolute Gasteiger partial charge is 0.247 e. The highest BCUT2D eigenvalue weighted by Gasteiger charge is 2.40. The van der Waals surface area contributed by atoms with Gasteiger partial charge in [0.2, 0.25) is 11.8 Å². The van der Waals surface area contributed by atoms with Crippen LogP contribution in [-0.2, 0) is 15.1 Å². The molecule has 0 aliphatic carbocycles. The zero-order valence-electron chi connectivity index (χ0n) is 14.7. The van der Waals surface area contributed by atoms with E-state index in [1.54, 1.807) is 11.8 Å². The van der Waals surface area contributed by atoms with Gasteiger partial charge in [0.05, 0.1) is 6.54 Å². The van der Waals surface area contributed by atoms with Crippen LogP contribution in [0.5, 0.6) is 0 Å². The second kappa shape index (κ2) is 7.76. The Hall–Kier alpha value is -2.25. The summed E-state index contributed by atoms with van der Waals surface area (Å²) in [6.45, 7) is 5.76. The van der Waals surface area contributed by atoms with Crippen molar-refractivity contribution in [1.82, 2.24) is 15.5 Å². The van der Waals surface area contributed by atoms with E-state index in [1.807, 2.05) is 37.3 Å². The maximum atomic E-state index is 12.8. The number of hydrogen-bond acceptors (Lipinski definition) is 6. The first-order chi connectivity index (χ1) is 12.1. The molecule has 0 saturated carbocycles. The van der Waals surface area contributed by atoms with Crippen LogP contribution in [0.3, 0.4) is 0 Å². The van der Waals surface area contributed by atoms with Crippen molar-refractivity contribution >= 4 is 11.6 Å². The van der Waals surface area contributed by atoms with Crippen molar-refractivity contribution in [2.45, 2.75) is 32.2 Å². The van der Waals surface area contributed by atoms with E-state index in [4.69, 9.17) is 9.26 Å². The number of nitrogens with zero attached hydrogens (tertiary/aromatic N) is 3. The molecule has 1 aromatic heterocycles. The normalized spacial score (nSPS) is 16.6. The van der Waals surface area contributed by atoms with Crippen LogP contribution in [0.4, 0.5) is 5.69 Å². The second-order valence-electron chi connectivity index (χ2n) is 6.17. The first kappa shape index (κ1) is 17.6. The molecule has 25 heavy (non-hydrogen) atoms. The molecule has 1 aromatic carbocycles. The number of aromatic nitrogens is 2. The molecule has 1 fully saturated rings. The highest BCUT2D eigenvalue weighted by molar-refractivity contribution is 5.94. The number of carbonyl (C=O) groups is 1. The predicted molar refractivity (Wildman–Crippen MR) is 93.2 cm³/mol. The Kier molecular flexibility index (Phi) is 5.45. The standard InChI is InChI=1S/C18H24N4O3/c1-3-22(15-7-5-4-6-8-15)16(23)13-19-18(9-11-24-12-10-18)17-20-14(2)21-25-17/h4-8,19H,3,9-13H2,1-2H3. The Labute approximate surface area is 147 Å². The zero-order valence-corrected chi connectivity index (χ0v) is 14.7. The van der Waals surface area contributed by atoms with Crippen LogP contribution in [0.25, 0.3) is 0 Å². The molecular weight excluding hydrogens is 320 g/mol. The van der Waals surface area contributed by atoms with E-state index in [0.29, 0.717) is 44.3 Å². The van der Waals surface area contributed by atoms with Gasteiger partial charge in [-0.2, -0.15) is 4.98 Å². The van der Waals surface area contributed by atoms with E-state index < -0.39 is 5.54 Å². The summed E-state index contributed by atoms with van der Waals surface area (Å²) in [5.74, 6) is 1.13. The summed E-state index contributed by atoms with van der Waals surface area (Å²) in [6.07, 6.45) is 1.39. The van der Waals surface area contributed by atoms with Crippen molar-refractivity contribution in [2.24, 2.45) is 0 Å². The highest BCUT2D eigenvalue weighted by Crippen LogP contribution is 2.31. The van der Waals surface area contributed by atoms with Crippen molar-refractivity contribution in [3.63, 3.8) is 0 Å². The quantitative estimate of drug-likeness (QED) is 0.864. The highest BCUT2D eigenvalue weighted by atomic mass is 16.5. The summed E-state index contributed by atoms with van der Waals surface area (Å²) >= 11 is 0. The van der Waals surface area contributed by atoms with Gasteiger partial charge in [-0.15, -0.1) is 0 Å². The summed E-state index contributed by atoms with van der Waals surface area (Å²) < 4.78 is 10.9. The lowest BCUT2D eigenvalue weighted by Crippen LogP contribution is -2.51. The molecule has 0 radical (unpaired) electrons. The van der Waals surface area contributed by atoms with Crippen LogP contribution in [-0.4, -0.2) is 42.4 Å². The fourth-order valence-corrected chi connectivity index (χ4v) is 3.13. The number of benzene rings is 1. The van der Waals surface area contributed by atoms with Crippen molar-refractivity contribution in [3.8, 4) is 0 Å². The number of ether oxygens (including phenoxy) is 1. The number of rotatable bonds is 6. The molecule has 3 rings (SSSR count). The maximum Gasteiger partial charge on any atom is 0.247 e. The molecule has 0 atom stereocenters. The topological polar surface area (TPSA) is 80.5 Å². The average molecular weight is 344 g/mol. The van der Waals surface area contributed by atoms with Crippen molar-refractivity contribution in [1.29, 1.82) is 0 Å². The van der Waals surface area contributed by atoms with E-state index in [1.165, 1.54) is 0 Å². The number of nitrogens with one attached hydrogen (secondary N) is 1. The minimum atomic E-state index is -0.509. The molecule has 1 amide bonds. The predicted octanol–water partition coefficient (Wildman–Crippen LogP) is 2.03.